The summed E-state index contributed by atoms with van der Waals surface area (Å²) in [6, 6.07) is -0.0760. The van der Waals surface area contributed by atoms with Crippen LogP contribution in [0.1, 0.15) is 68.8 Å². The van der Waals surface area contributed by atoms with Crippen LogP contribution in [0, 0.1) is 5.82 Å². The molecular formula is C20H25ClFN3O3. The number of halogens is 2. The number of fused-ring (bicyclic) bond motifs is 2. The molecule has 6 nitrogen and oxygen atoms in total. The highest BCUT2D eigenvalue weighted by atomic mass is 35.5. The summed E-state index contributed by atoms with van der Waals surface area (Å²) in [5, 5.41) is 0.0528. The van der Waals surface area contributed by atoms with Gasteiger partial charge in [-0.3, -0.25) is 9.69 Å². The Labute approximate surface area is 169 Å². The molecule has 0 spiro atoms. The second-order valence-corrected chi connectivity index (χ2v) is 9.16. The molecule has 0 radical (unpaired) electrons. The van der Waals surface area contributed by atoms with Crippen LogP contribution in [0.25, 0.3) is 0 Å². The van der Waals surface area contributed by atoms with E-state index in [4.69, 9.17) is 16.3 Å². The lowest BCUT2D eigenvalue weighted by atomic mass is 9.90. The largest absolute Gasteiger partial charge is 0.444 e. The Kier molecular flexibility index (Phi) is 4.76. The molecule has 0 aromatic carbocycles. The van der Waals surface area contributed by atoms with Crippen LogP contribution in [-0.2, 0) is 11.2 Å². The first-order chi connectivity index (χ1) is 13.2. The minimum Gasteiger partial charge on any atom is -0.444 e. The third-order valence-corrected chi connectivity index (χ3v) is 6.03. The quantitative estimate of drug-likeness (QED) is 0.646. The molecule has 2 heterocycles. The van der Waals surface area contributed by atoms with Gasteiger partial charge in [-0.15, -0.1) is 0 Å². The van der Waals surface area contributed by atoms with Crippen LogP contribution < -0.4 is 4.90 Å². The number of anilines is 1. The van der Waals surface area contributed by atoms with Crippen molar-refractivity contribution in [3.05, 3.63) is 22.1 Å². The molecule has 2 fully saturated rings. The van der Waals surface area contributed by atoms with E-state index >= 15 is 4.39 Å². The number of carbonyl (C=O) groups excluding carboxylic acids is 2. The zero-order valence-electron chi connectivity index (χ0n) is 16.4. The molecule has 2 atom stereocenters. The predicted octanol–water partition coefficient (Wildman–Crippen LogP) is 4.33. The number of nitrogens with zero attached hydrogens (tertiary/aromatic N) is 3. The van der Waals surface area contributed by atoms with Crippen LogP contribution in [0.4, 0.5) is 15.0 Å². The van der Waals surface area contributed by atoms with Crippen molar-refractivity contribution < 1.29 is 18.7 Å². The fourth-order valence-corrected chi connectivity index (χ4v) is 4.87. The Morgan fingerprint density at radius 1 is 1.21 bits per heavy atom. The topological polar surface area (TPSA) is 62.7 Å². The smallest absolute Gasteiger partial charge is 0.412 e. The SMILES string of the molecule is CC(C)(C)OC(=O)N1CN(c2nc(Cl)c3c(c2F)CCC3=O)[C@@H]2CCCC[C@@H]21. The maximum absolute atomic E-state index is 15.3. The van der Waals surface area contributed by atoms with E-state index in [9.17, 15) is 9.59 Å². The Bertz CT molecular complexity index is 839. The van der Waals surface area contributed by atoms with Gasteiger partial charge in [0.05, 0.1) is 24.3 Å². The van der Waals surface area contributed by atoms with Gasteiger partial charge < -0.3 is 9.64 Å². The number of ether oxygens (including phenoxy) is 1. The van der Waals surface area contributed by atoms with Crippen LogP contribution >= 0.6 is 11.6 Å². The zero-order valence-corrected chi connectivity index (χ0v) is 17.2. The van der Waals surface area contributed by atoms with Crippen LogP contribution in [0.3, 0.4) is 0 Å². The van der Waals surface area contributed by atoms with Gasteiger partial charge in [0.2, 0.25) is 0 Å². The van der Waals surface area contributed by atoms with Crippen molar-refractivity contribution in [1.82, 2.24) is 9.88 Å². The summed E-state index contributed by atoms with van der Waals surface area (Å²) in [6.45, 7) is 5.69. The first-order valence-corrected chi connectivity index (χ1v) is 10.2. The summed E-state index contributed by atoms with van der Waals surface area (Å²) >= 11 is 6.25. The summed E-state index contributed by atoms with van der Waals surface area (Å²) in [5.74, 6) is -0.507. The van der Waals surface area contributed by atoms with Gasteiger partial charge in [0.1, 0.15) is 10.8 Å². The molecule has 1 aromatic heterocycles. The number of hydrogen-bond acceptors (Lipinski definition) is 5. The van der Waals surface area contributed by atoms with E-state index in [0.29, 0.717) is 12.0 Å². The van der Waals surface area contributed by atoms with Crippen molar-refractivity contribution in [2.24, 2.45) is 0 Å². The summed E-state index contributed by atoms with van der Waals surface area (Å²) < 4.78 is 20.9. The average molecular weight is 410 g/mol. The van der Waals surface area contributed by atoms with Gasteiger partial charge in [0.25, 0.3) is 0 Å². The lowest BCUT2D eigenvalue weighted by Gasteiger charge is -2.33. The second kappa shape index (κ2) is 6.87. The number of carbonyl (C=O) groups is 2. The van der Waals surface area contributed by atoms with Gasteiger partial charge in [-0.25, -0.2) is 14.2 Å². The standard InChI is InChI=1S/C20H25ClFN3O3/c1-20(2,3)28-19(27)25-10-24(12-6-4-5-7-13(12)25)18-16(22)11-8-9-14(26)15(11)17(21)23-18/h12-13H,4-10H2,1-3H3/t12-,13+/m1/s1. The molecule has 1 aromatic rings. The van der Waals surface area contributed by atoms with Crippen LogP contribution in [0.15, 0.2) is 0 Å². The number of aromatic nitrogens is 1. The first kappa shape index (κ1) is 19.4. The van der Waals surface area contributed by atoms with E-state index < -0.39 is 17.5 Å². The molecule has 1 saturated heterocycles. The Hall–Kier alpha value is -1.89. The molecule has 28 heavy (non-hydrogen) atoms. The molecule has 152 valence electrons. The number of rotatable bonds is 1. The third-order valence-electron chi connectivity index (χ3n) is 5.75. The van der Waals surface area contributed by atoms with Crippen molar-refractivity contribution in [2.75, 3.05) is 11.6 Å². The second-order valence-electron chi connectivity index (χ2n) is 8.80. The van der Waals surface area contributed by atoms with Gasteiger partial charge in [0.15, 0.2) is 17.4 Å². The molecular weight excluding hydrogens is 385 g/mol. The Morgan fingerprint density at radius 2 is 1.89 bits per heavy atom. The average Bonchev–Trinajstić information content (AvgIpc) is 3.18. The predicted molar refractivity (Wildman–Crippen MR) is 103 cm³/mol. The molecule has 3 aliphatic rings. The van der Waals surface area contributed by atoms with Gasteiger partial charge in [-0.1, -0.05) is 24.4 Å². The summed E-state index contributed by atoms with van der Waals surface area (Å²) in [4.78, 5) is 32.5. The normalized spacial score (nSPS) is 24.4. The minimum atomic E-state index is -0.602. The maximum Gasteiger partial charge on any atom is 0.412 e. The first-order valence-electron chi connectivity index (χ1n) is 9.84. The lowest BCUT2D eigenvalue weighted by molar-refractivity contribution is 0.0200. The summed E-state index contributed by atoms with van der Waals surface area (Å²) in [6.07, 6.45) is 3.93. The molecule has 1 amide bonds. The van der Waals surface area contributed by atoms with Gasteiger partial charge in [0, 0.05) is 12.0 Å². The molecule has 1 aliphatic heterocycles. The molecule has 1 saturated carbocycles. The molecule has 0 bridgehead atoms. The van der Waals surface area contributed by atoms with Crippen molar-refractivity contribution in [1.29, 1.82) is 0 Å². The summed E-state index contributed by atoms with van der Waals surface area (Å²) in [7, 11) is 0. The monoisotopic (exact) mass is 409 g/mol. The van der Waals surface area contributed by atoms with Crippen molar-refractivity contribution in [2.45, 2.75) is 77.0 Å². The fourth-order valence-electron chi connectivity index (χ4n) is 4.57. The van der Waals surface area contributed by atoms with Crippen molar-refractivity contribution in [3.8, 4) is 0 Å². The zero-order chi connectivity index (χ0) is 20.2. The number of ketones is 1. The lowest BCUT2D eigenvalue weighted by Crippen LogP contribution is -2.44. The van der Waals surface area contributed by atoms with E-state index in [1.54, 1.807) is 4.90 Å². The highest BCUT2D eigenvalue weighted by Gasteiger charge is 2.46. The van der Waals surface area contributed by atoms with Gasteiger partial charge in [-0.05, 0) is 40.0 Å². The Balaban J connectivity index is 1.70. The summed E-state index contributed by atoms with van der Waals surface area (Å²) in [5.41, 5.74) is -0.0375. The van der Waals surface area contributed by atoms with Crippen molar-refractivity contribution in [3.63, 3.8) is 0 Å². The third kappa shape index (κ3) is 3.23. The molecule has 4 rings (SSSR count). The fraction of sp³-hybridized carbons (Fsp3) is 0.650. The van der Waals surface area contributed by atoms with Crippen LogP contribution in [0.5, 0.6) is 0 Å². The highest BCUT2D eigenvalue weighted by molar-refractivity contribution is 6.33. The Morgan fingerprint density at radius 3 is 2.57 bits per heavy atom. The van der Waals surface area contributed by atoms with Crippen molar-refractivity contribution >= 4 is 29.3 Å². The number of Topliss-reactive ketones (excluding diaryl/α,β-unsaturated/α-hetero) is 1. The maximum atomic E-state index is 15.3. The number of hydrogen-bond donors (Lipinski definition) is 0. The van der Waals surface area contributed by atoms with E-state index in [0.717, 1.165) is 25.7 Å². The molecule has 0 unspecified atom stereocenters. The molecule has 2 aliphatic carbocycles. The van der Waals surface area contributed by atoms with E-state index in [2.05, 4.69) is 4.98 Å². The van der Waals surface area contributed by atoms with E-state index in [1.807, 2.05) is 25.7 Å². The van der Waals surface area contributed by atoms with Gasteiger partial charge in [-0.2, -0.15) is 0 Å². The van der Waals surface area contributed by atoms with Crippen LogP contribution in [0.2, 0.25) is 5.15 Å². The number of pyridine rings is 1. The molecule has 0 N–H and O–H groups in total. The minimum absolute atomic E-state index is 0.0329. The number of amides is 1. The van der Waals surface area contributed by atoms with E-state index in [1.165, 1.54) is 0 Å². The van der Waals surface area contributed by atoms with E-state index in [-0.39, 0.29) is 47.5 Å². The van der Waals surface area contributed by atoms with Gasteiger partial charge >= 0.3 is 6.09 Å². The highest BCUT2D eigenvalue weighted by Crippen LogP contribution is 2.40. The molecule has 8 heteroatoms. The van der Waals surface area contributed by atoms with Crippen LogP contribution in [-0.4, -0.2) is 46.1 Å².